The molecule has 2 nitrogen and oxygen atoms in total. The molecular formula is C18H26N2S. The van der Waals surface area contributed by atoms with E-state index in [4.69, 9.17) is 4.98 Å². The van der Waals surface area contributed by atoms with Gasteiger partial charge in [-0.25, -0.2) is 4.98 Å². The predicted molar refractivity (Wildman–Crippen MR) is 92.8 cm³/mol. The van der Waals surface area contributed by atoms with Crippen molar-refractivity contribution in [1.29, 1.82) is 0 Å². The van der Waals surface area contributed by atoms with E-state index in [-0.39, 0.29) is 11.0 Å². The molecule has 0 aliphatic carbocycles. The van der Waals surface area contributed by atoms with Crippen LogP contribution in [0.5, 0.6) is 0 Å². The first kappa shape index (κ1) is 16.2. The number of hydrogen-bond donors (Lipinski definition) is 1. The maximum atomic E-state index is 4.92. The zero-order valence-electron chi connectivity index (χ0n) is 13.9. The molecule has 0 aliphatic rings. The second kappa shape index (κ2) is 5.90. The zero-order chi connectivity index (χ0) is 15.7. The smallest absolute Gasteiger partial charge is 0.0988 e. The van der Waals surface area contributed by atoms with Crippen molar-refractivity contribution in [2.45, 2.75) is 59.0 Å². The molecule has 0 saturated heterocycles. The molecule has 1 heterocycles. The van der Waals surface area contributed by atoms with Gasteiger partial charge in [0.2, 0.25) is 0 Å². The molecule has 114 valence electrons. The number of nitrogens with zero attached hydrogens (tertiary/aromatic N) is 1. The van der Waals surface area contributed by atoms with Crippen LogP contribution < -0.4 is 5.32 Å². The average Bonchev–Trinajstić information content (AvgIpc) is 2.80. The summed E-state index contributed by atoms with van der Waals surface area (Å²) in [5, 5.41) is 4.76. The third-order valence-corrected chi connectivity index (χ3v) is 4.73. The van der Waals surface area contributed by atoms with Crippen molar-refractivity contribution in [3.05, 3.63) is 41.0 Å². The Hall–Kier alpha value is -1.19. The summed E-state index contributed by atoms with van der Waals surface area (Å²) in [5.74, 6) is 0. The number of benzene rings is 1. The van der Waals surface area contributed by atoms with Crippen molar-refractivity contribution in [2.75, 3.05) is 0 Å². The second-order valence-corrected chi connectivity index (χ2v) is 8.51. The molecule has 0 amide bonds. The molecule has 0 spiro atoms. The van der Waals surface area contributed by atoms with Crippen LogP contribution in [0.25, 0.3) is 10.4 Å². The summed E-state index contributed by atoms with van der Waals surface area (Å²) < 4.78 is 0. The van der Waals surface area contributed by atoms with Crippen molar-refractivity contribution in [2.24, 2.45) is 0 Å². The van der Waals surface area contributed by atoms with Crippen LogP contribution >= 0.6 is 11.3 Å². The zero-order valence-corrected chi connectivity index (χ0v) is 14.8. The molecule has 0 unspecified atom stereocenters. The summed E-state index contributed by atoms with van der Waals surface area (Å²) in [7, 11) is 0. The topological polar surface area (TPSA) is 24.9 Å². The molecule has 0 bridgehead atoms. The van der Waals surface area contributed by atoms with Gasteiger partial charge in [0.25, 0.3) is 0 Å². The van der Waals surface area contributed by atoms with Crippen LogP contribution in [0.2, 0.25) is 0 Å². The first-order valence-corrected chi connectivity index (χ1v) is 8.29. The highest BCUT2D eigenvalue weighted by atomic mass is 32.1. The van der Waals surface area contributed by atoms with E-state index in [1.807, 2.05) is 11.3 Å². The lowest BCUT2D eigenvalue weighted by molar-refractivity contribution is 0.421. The first-order valence-electron chi connectivity index (χ1n) is 7.47. The number of nitrogens with one attached hydrogen (secondary N) is 1. The Labute approximate surface area is 132 Å². The van der Waals surface area contributed by atoms with E-state index in [0.717, 1.165) is 12.2 Å². The molecule has 1 aromatic carbocycles. The van der Waals surface area contributed by atoms with Crippen molar-refractivity contribution in [3.8, 4) is 10.4 Å². The Morgan fingerprint density at radius 3 is 2.14 bits per heavy atom. The number of aromatic nitrogens is 1. The molecule has 0 saturated carbocycles. The highest BCUT2D eigenvalue weighted by Crippen LogP contribution is 2.36. The normalized spacial score (nSPS) is 12.7. The first-order chi connectivity index (χ1) is 9.67. The van der Waals surface area contributed by atoms with E-state index in [1.54, 1.807) is 0 Å². The summed E-state index contributed by atoms with van der Waals surface area (Å²) in [4.78, 5) is 6.21. The van der Waals surface area contributed by atoms with Gasteiger partial charge in [-0.05, 0) is 26.3 Å². The third kappa shape index (κ3) is 4.39. The second-order valence-electron chi connectivity index (χ2n) is 7.51. The minimum Gasteiger partial charge on any atom is -0.306 e. The molecule has 1 N–H and O–H groups in total. The highest BCUT2D eigenvalue weighted by Gasteiger charge is 2.22. The lowest BCUT2D eigenvalue weighted by Gasteiger charge is -2.20. The van der Waals surface area contributed by atoms with E-state index in [1.165, 1.54) is 15.4 Å². The molecular weight excluding hydrogens is 276 g/mol. The van der Waals surface area contributed by atoms with Crippen LogP contribution in [-0.2, 0) is 12.0 Å². The van der Waals surface area contributed by atoms with E-state index < -0.39 is 0 Å². The molecule has 0 atom stereocenters. The van der Waals surface area contributed by atoms with Crippen LogP contribution in [0.1, 0.15) is 52.2 Å². The van der Waals surface area contributed by atoms with Gasteiger partial charge in [0.15, 0.2) is 0 Å². The van der Waals surface area contributed by atoms with Gasteiger partial charge in [0.05, 0.1) is 15.6 Å². The molecule has 21 heavy (non-hydrogen) atoms. The Balaban J connectivity index is 2.39. The lowest BCUT2D eigenvalue weighted by atomic mass is 9.98. The molecule has 0 aliphatic heterocycles. The van der Waals surface area contributed by atoms with Crippen molar-refractivity contribution < 1.29 is 0 Å². The van der Waals surface area contributed by atoms with Crippen molar-refractivity contribution in [3.63, 3.8) is 0 Å². The number of rotatable bonds is 3. The van der Waals surface area contributed by atoms with Crippen LogP contribution in [0.15, 0.2) is 30.3 Å². The molecule has 1 aromatic heterocycles. The average molecular weight is 302 g/mol. The minimum absolute atomic E-state index is 0.0914. The summed E-state index contributed by atoms with van der Waals surface area (Å²) in [6.07, 6.45) is 0. The quantitative estimate of drug-likeness (QED) is 0.863. The molecule has 2 aromatic rings. The van der Waals surface area contributed by atoms with E-state index >= 15 is 0 Å². The number of thiazole rings is 1. The fourth-order valence-corrected chi connectivity index (χ4v) is 3.10. The third-order valence-electron chi connectivity index (χ3n) is 3.16. The van der Waals surface area contributed by atoms with Gasteiger partial charge in [0.1, 0.15) is 0 Å². The van der Waals surface area contributed by atoms with Gasteiger partial charge < -0.3 is 5.32 Å². The summed E-state index contributed by atoms with van der Waals surface area (Å²) in [5.41, 5.74) is 2.61. The monoisotopic (exact) mass is 302 g/mol. The fourth-order valence-electron chi connectivity index (χ4n) is 1.96. The van der Waals surface area contributed by atoms with E-state index in [2.05, 4.69) is 77.2 Å². The molecule has 0 radical (unpaired) electrons. The molecule has 2 rings (SSSR count). The van der Waals surface area contributed by atoms with Crippen molar-refractivity contribution >= 4 is 11.3 Å². The van der Waals surface area contributed by atoms with Gasteiger partial charge >= 0.3 is 0 Å². The van der Waals surface area contributed by atoms with E-state index in [0.29, 0.717) is 0 Å². The Morgan fingerprint density at radius 1 is 1.00 bits per heavy atom. The maximum Gasteiger partial charge on any atom is 0.0988 e. The van der Waals surface area contributed by atoms with Crippen LogP contribution in [0.4, 0.5) is 0 Å². The van der Waals surface area contributed by atoms with Gasteiger partial charge in [-0.3, -0.25) is 0 Å². The lowest BCUT2D eigenvalue weighted by Crippen LogP contribution is -2.35. The maximum absolute atomic E-state index is 4.92. The SMILES string of the molecule is CC(C)(C)NCc1nc(C(C)(C)C)sc1-c1ccccc1. The Bertz CT molecular complexity index is 586. The largest absolute Gasteiger partial charge is 0.306 e. The van der Waals surface area contributed by atoms with Crippen LogP contribution in [-0.4, -0.2) is 10.5 Å². The Morgan fingerprint density at radius 2 is 1.62 bits per heavy atom. The molecule has 3 heteroatoms. The van der Waals surface area contributed by atoms with Gasteiger partial charge in [-0.1, -0.05) is 51.1 Å². The van der Waals surface area contributed by atoms with E-state index in [9.17, 15) is 0 Å². The number of hydrogen-bond acceptors (Lipinski definition) is 3. The predicted octanol–water partition coefficient (Wildman–Crippen LogP) is 5.00. The molecule has 0 fully saturated rings. The van der Waals surface area contributed by atoms with Crippen LogP contribution in [0, 0.1) is 0 Å². The minimum atomic E-state index is 0.0914. The fraction of sp³-hybridized carbons (Fsp3) is 0.500. The van der Waals surface area contributed by atoms with Gasteiger partial charge in [-0.15, -0.1) is 11.3 Å². The highest BCUT2D eigenvalue weighted by molar-refractivity contribution is 7.15. The van der Waals surface area contributed by atoms with Crippen molar-refractivity contribution in [1.82, 2.24) is 10.3 Å². The van der Waals surface area contributed by atoms with Crippen LogP contribution in [0.3, 0.4) is 0 Å². The summed E-state index contributed by atoms with van der Waals surface area (Å²) in [6.45, 7) is 14.0. The van der Waals surface area contributed by atoms with Gasteiger partial charge in [-0.2, -0.15) is 0 Å². The summed E-state index contributed by atoms with van der Waals surface area (Å²) in [6, 6.07) is 10.6. The summed E-state index contributed by atoms with van der Waals surface area (Å²) >= 11 is 1.82. The van der Waals surface area contributed by atoms with Gasteiger partial charge in [0, 0.05) is 17.5 Å². The standard InChI is InChI=1S/C18H26N2S/c1-17(2,3)16-20-14(12-19-18(4,5)6)15(21-16)13-10-8-7-9-11-13/h7-11,19H,12H2,1-6H3. The Kier molecular flexibility index (Phi) is 4.54.